The summed E-state index contributed by atoms with van der Waals surface area (Å²) in [7, 11) is 0. The average Bonchev–Trinajstić information content (AvgIpc) is 3.00. The van der Waals surface area contributed by atoms with Gasteiger partial charge in [0.1, 0.15) is 13.2 Å². The number of carbonyl (C=O) groups is 2. The van der Waals surface area contributed by atoms with Crippen molar-refractivity contribution in [2.75, 3.05) is 59.5 Å². The van der Waals surface area contributed by atoms with Gasteiger partial charge in [-0.2, -0.15) is 0 Å². The number of carbonyl (C=O) groups excluding carboxylic acids is 2. The highest BCUT2D eigenvalue weighted by atomic mass is 16.6. The van der Waals surface area contributed by atoms with E-state index in [4.69, 9.17) is 28.4 Å². The highest BCUT2D eigenvalue weighted by Crippen LogP contribution is 2.14. The number of benzene rings is 2. The molecule has 0 aliphatic rings. The van der Waals surface area contributed by atoms with Crippen molar-refractivity contribution in [3.05, 3.63) is 99.9 Å². The molecule has 9 nitrogen and oxygen atoms in total. The molecule has 9 heteroatoms. The third-order valence-electron chi connectivity index (χ3n) is 6.48. The zero-order chi connectivity index (χ0) is 30.0. The number of rotatable bonds is 19. The molecule has 0 amide bonds. The molecule has 0 aliphatic heterocycles. The van der Waals surface area contributed by atoms with Crippen LogP contribution in [0.5, 0.6) is 0 Å². The van der Waals surface area contributed by atoms with Gasteiger partial charge in [0.05, 0.1) is 69.7 Å². The standard InChI is InChI=1S/C33H41NO8/c1-25-7-9-29(22-27(25)3)32(35)41-20-18-38-15-14-37-13-11-28-23-30(10-8-26(28)2)33(36)42-21-19-39-16-17-40-24-31-6-4-5-12-34-31/h4-10,12,22-23H,11,13-21,24H2,1-3H3. The van der Waals surface area contributed by atoms with Gasteiger partial charge >= 0.3 is 11.9 Å². The van der Waals surface area contributed by atoms with E-state index >= 15 is 0 Å². The molecule has 0 saturated heterocycles. The number of hydrogen-bond donors (Lipinski definition) is 0. The van der Waals surface area contributed by atoms with Crippen molar-refractivity contribution < 1.29 is 38.0 Å². The van der Waals surface area contributed by atoms with Gasteiger partial charge in [-0.1, -0.05) is 18.2 Å². The van der Waals surface area contributed by atoms with Crippen LogP contribution in [0.2, 0.25) is 0 Å². The fraction of sp³-hybridized carbons (Fsp3) is 0.424. The number of nitrogens with zero attached hydrogens (tertiary/aromatic N) is 1. The number of ether oxygens (including phenoxy) is 6. The fourth-order valence-corrected chi connectivity index (χ4v) is 3.87. The Kier molecular flexibility index (Phi) is 14.7. The molecule has 0 fully saturated rings. The van der Waals surface area contributed by atoms with Gasteiger partial charge in [-0.05, 0) is 85.8 Å². The Morgan fingerprint density at radius 2 is 1.17 bits per heavy atom. The van der Waals surface area contributed by atoms with Crippen LogP contribution in [0, 0.1) is 20.8 Å². The van der Waals surface area contributed by atoms with E-state index in [9.17, 15) is 9.59 Å². The fourth-order valence-electron chi connectivity index (χ4n) is 3.87. The molecule has 42 heavy (non-hydrogen) atoms. The molecular formula is C33H41NO8. The van der Waals surface area contributed by atoms with Crippen LogP contribution in [0.1, 0.15) is 48.7 Å². The maximum Gasteiger partial charge on any atom is 0.338 e. The molecule has 0 bridgehead atoms. The Bertz CT molecular complexity index is 1250. The van der Waals surface area contributed by atoms with Gasteiger partial charge in [0.15, 0.2) is 0 Å². The number of esters is 2. The molecular weight excluding hydrogens is 538 g/mol. The van der Waals surface area contributed by atoms with E-state index in [2.05, 4.69) is 4.98 Å². The van der Waals surface area contributed by atoms with Crippen LogP contribution in [-0.2, 0) is 41.4 Å². The Hall–Kier alpha value is -3.63. The monoisotopic (exact) mass is 579 g/mol. The third-order valence-corrected chi connectivity index (χ3v) is 6.48. The first-order valence-electron chi connectivity index (χ1n) is 14.2. The molecule has 2 aromatic carbocycles. The number of aryl methyl sites for hydroxylation is 3. The lowest BCUT2D eigenvalue weighted by Crippen LogP contribution is -2.14. The second kappa shape index (κ2) is 18.7. The molecule has 0 radical (unpaired) electrons. The molecule has 0 saturated carbocycles. The summed E-state index contributed by atoms with van der Waals surface area (Å²) in [5.41, 5.74) is 6.18. The lowest BCUT2D eigenvalue weighted by molar-refractivity contribution is 0.0111. The molecule has 0 spiro atoms. The van der Waals surface area contributed by atoms with Gasteiger partial charge in [-0.3, -0.25) is 4.98 Å². The van der Waals surface area contributed by atoms with Gasteiger partial charge in [0.25, 0.3) is 0 Å². The summed E-state index contributed by atoms with van der Waals surface area (Å²) in [4.78, 5) is 28.8. The molecule has 1 aromatic heterocycles. The van der Waals surface area contributed by atoms with Crippen LogP contribution in [0.3, 0.4) is 0 Å². The van der Waals surface area contributed by atoms with Crippen LogP contribution >= 0.6 is 0 Å². The quantitative estimate of drug-likeness (QED) is 0.146. The first-order chi connectivity index (χ1) is 20.4. The Morgan fingerprint density at radius 1 is 0.595 bits per heavy atom. The smallest absolute Gasteiger partial charge is 0.338 e. The topological polar surface area (TPSA) is 102 Å². The maximum absolute atomic E-state index is 12.5. The van der Waals surface area contributed by atoms with Crippen molar-refractivity contribution in [3.63, 3.8) is 0 Å². The molecule has 3 aromatic rings. The van der Waals surface area contributed by atoms with Gasteiger partial charge in [0, 0.05) is 6.20 Å². The lowest BCUT2D eigenvalue weighted by Gasteiger charge is -2.11. The Labute approximate surface area is 248 Å². The third kappa shape index (κ3) is 12.1. The summed E-state index contributed by atoms with van der Waals surface area (Å²) in [6.45, 7) is 9.47. The predicted molar refractivity (Wildman–Crippen MR) is 158 cm³/mol. The van der Waals surface area contributed by atoms with Gasteiger partial charge in [-0.25, -0.2) is 9.59 Å². The Morgan fingerprint density at radius 3 is 1.79 bits per heavy atom. The summed E-state index contributed by atoms with van der Waals surface area (Å²) >= 11 is 0. The second-order valence-electron chi connectivity index (χ2n) is 9.67. The summed E-state index contributed by atoms with van der Waals surface area (Å²) in [6.07, 6.45) is 2.38. The van der Waals surface area contributed by atoms with Gasteiger partial charge < -0.3 is 28.4 Å². The van der Waals surface area contributed by atoms with Crippen molar-refractivity contribution in [3.8, 4) is 0 Å². The van der Waals surface area contributed by atoms with Crippen LogP contribution in [-0.4, -0.2) is 76.4 Å². The van der Waals surface area contributed by atoms with Crippen molar-refractivity contribution >= 4 is 11.9 Å². The van der Waals surface area contributed by atoms with E-state index in [-0.39, 0.29) is 19.2 Å². The highest BCUT2D eigenvalue weighted by molar-refractivity contribution is 5.90. The van der Waals surface area contributed by atoms with Crippen molar-refractivity contribution in [1.82, 2.24) is 4.98 Å². The lowest BCUT2D eigenvalue weighted by atomic mass is 10.0. The molecule has 0 atom stereocenters. The van der Waals surface area contributed by atoms with E-state index in [1.165, 1.54) is 0 Å². The minimum Gasteiger partial charge on any atom is -0.460 e. The molecule has 0 aliphatic carbocycles. The summed E-state index contributed by atoms with van der Waals surface area (Å²) in [6, 6.07) is 16.7. The maximum atomic E-state index is 12.5. The molecule has 0 N–H and O–H groups in total. The van der Waals surface area contributed by atoms with Crippen LogP contribution < -0.4 is 0 Å². The summed E-state index contributed by atoms with van der Waals surface area (Å²) in [5, 5.41) is 0. The highest BCUT2D eigenvalue weighted by Gasteiger charge is 2.10. The zero-order valence-electron chi connectivity index (χ0n) is 24.8. The first-order valence-corrected chi connectivity index (χ1v) is 14.2. The number of pyridine rings is 1. The van der Waals surface area contributed by atoms with Crippen molar-refractivity contribution in [2.45, 2.75) is 33.8 Å². The van der Waals surface area contributed by atoms with Gasteiger partial charge in [0.2, 0.25) is 0 Å². The van der Waals surface area contributed by atoms with E-state index in [0.717, 1.165) is 27.9 Å². The van der Waals surface area contributed by atoms with E-state index in [0.29, 0.717) is 70.4 Å². The molecule has 0 unspecified atom stereocenters. The first kappa shape index (κ1) is 32.9. The average molecular weight is 580 g/mol. The van der Waals surface area contributed by atoms with E-state index < -0.39 is 5.97 Å². The van der Waals surface area contributed by atoms with E-state index in [1.807, 2.05) is 63.2 Å². The zero-order valence-corrected chi connectivity index (χ0v) is 24.8. The summed E-state index contributed by atoms with van der Waals surface area (Å²) < 4.78 is 32.8. The van der Waals surface area contributed by atoms with Crippen molar-refractivity contribution in [2.24, 2.45) is 0 Å². The molecule has 226 valence electrons. The normalized spacial score (nSPS) is 10.9. The van der Waals surface area contributed by atoms with Gasteiger partial charge in [-0.15, -0.1) is 0 Å². The summed E-state index contributed by atoms with van der Waals surface area (Å²) in [5.74, 6) is -0.745. The molecule has 1 heterocycles. The van der Waals surface area contributed by atoms with E-state index in [1.54, 1.807) is 18.3 Å². The minimum atomic E-state index is -0.390. The predicted octanol–water partition coefficient (Wildman–Crippen LogP) is 4.83. The Balaban J connectivity index is 1.21. The largest absolute Gasteiger partial charge is 0.460 e. The van der Waals surface area contributed by atoms with Crippen LogP contribution in [0.15, 0.2) is 60.8 Å². The van der Waals surface area contributed by atoms with Crippen molar-refractivity contribution in [1.29, 1.82) is 0 Å². The number of hydrogen-bond acceptors (Lipinski definition) is 9. The SMILES string of the molecule is Cc1ccc(C(=O)OCCOCCOCCc2cc(C(=O)OCCOCCOCc3ccccn3)ccc2C)cc1C. The molecule has 3 rings (SSSR count). The van der Waals surface area contributed by atoms with Crippen LogP contribution in [0.4, 0.5) is 0 Å². The number of aromatic nitrogens is 1. The second-order valence-corrected chi connectivity index (χ2v) is 9.67. The minimum absolute atomic E-state index is 0.163. The van der Waals surface area contributed by atoms with Crippen LogP contribution in [0.25, 0.3) is 0 Å².